The van der Waals surface area contributed by atoms with Gasteiger partial charge in [-0.25, -0.2) is 0 Å². The highest BCUT2D eigenvalue weighted by molar-refractivity contribution is 4.15. The van der Waals surface area contributed by atoms with Crippen LogP contribution in [-0.2, 0) is 0 Å². The summed E-state index contributed by atoms with van der Waals surface area (Å²) in [4.78, 5) is 0. The Morgan fingerprint density at radius 1 is 1.25 bits per heavy atom. The average Bonchev–Trinajstić information content (AvgIpc) is 1.72. The first-order valence-corrected chi connectivity index (χ1v) is 2.14. The molecule has 0 aromatic rings. The molecule has 0 heterocycles. The lowest BCUT2D eigenvalue weighted by Gasteiger charge is -1.76. The van der Waals surface area contributed by atoms with E-state index in [0.717, 1.165) is 6.54 Å². The molecule has 3 N–H and O–H groups in total. The zero-order valence-electron chi connectivity index (χ0n) is 4.78. The number of hydrogen-bond donors (Lipinski definition) is 2. The molecule has 0 bridgehead atoms. The van der Waals surface area contributed by atoms with Crippen LogP contribution in [0.2, 0.25) is 0 Å². The molecule has 0 rings (SSSR count). The molecular weight excluding hydrogens is 100 g/mol. The van der Waals surface area contributed by atoms with Crippen molar-refractivity contribution in [1.82, 2.24) is 5.32 Å². The van der Waals surface area contributed by atoms with E-state index in [4.69, 9.17) is 0 Å². The summed E-state index contributed by atoms with van der Waals surface area (Å²) < 4.78 is 0. The SMILES string of the molecule is C.C.CCNC.CN. The molecular formula is C6H22N2. The van der Waals surface area contributed by atoms with Gasteiger partial charge < -0.3 is 11.1 Å². The third-order valence-electron chi connectivity index (χ3n) is 0.354. The van der Waals surface area contributed by atoms with Gasteiger partial charge in [-0.05, 0) is 20.6 Å². The van der Waals surface area contributed by atoms with E-state index in [1.54, 1.807) is 0 Å². The molecule has 8 heavy (non-hydrogen) atoms. The monoisotopic (exact) mass is 122 g/mol. The van der Waals surface area contributed by atoms with Crippen molar-refractivity contribution in [3.63, 3.8) is 0 Å². The summed E-state index contributed by atoms with van der Waals surface area (Å²) in [6, 6.07) is 0. The summed E-state index contributed by atoms with van der Waals surface area (Å²) in [5, 5.41) is 2.93. The molecule has 0 fully saturated rings. The van der Waals surface area contributed by atoms with Gasteiger partial charge >= 0.3 is 0 Å². The zero-order valence-corrected chi connectivity index (χ0v) is 4.78. The maximum atomic E-state index is 4.50. The van der Waals surface area contributed by atoms with E-state index >= 15 is 0 Å². The molecule has 0 spiro atoms. The Bertz CT molecular complexity index is 8.49. The smallest absolute Gasteiger partial charge is 0.00804 e. The molecule has 0 unspecified atom stereocenters. The van der Waals surface area contributed by atoms with E-state index in [1.807, 2.05) is 7.05 Å². The van der Waals surface area contributed by atoms with Crippen molar-refractivity contribution in [3.05, 3.63) is 0 Å². The molecule has 0 saturated heterocycles. The highest BCUT2D eigenvalue weighted by Crippen LogP contribution is 1.34. The normalized spacial score (nSPS) is 4.50. The summed E-state index contributed by atoms with van der Waals surface area (Å²) in [7, 11) is 3.43. The summed E-state index contributed by atoms with van der Waals surface area (Å²) in [6.07, 6.45) is 0. The summed E-state index contributed by atoms with van der Waals surface area (Å²) in [6.45, 7) is 3.14. The van der Waals surface area contributed by atoms with Crippen LogP contribution in [0.25, 0.3) is 0 Å². The van der Waals surface area contributed by atoms with Gasteiger partial charge in [0.15, 0.2) is 0 Å². The largest absolute Gasteiger partial charge is 0.333 e. The molecule has 2 nitrogen and oxygen atoms in total. The predicted octanol–water partition coefficient (Wildman–Crippen LogP) is 1.07. The minimum atomic E-state index is 0. The molecule has 0 aliphatic heterocycles. The Morgan fingerprint density at radius 3 is 1.38 bits per heavy atom. The van der Waals surface area contributed by atoms with E-state index in [2.05, 4.69) is 18.0 Å². The van der Waals surface area contributed by atoms with Gasteiger partial charge in [-0.15, -0.1) is 0 Å². The molecule has 0 aliphatic rings. The van der Waals surface area contributed by atoms with E-state index in [0.29, 0.717) is 0 Å². The Labute approximate surface area is 54.5 Å². The van der Waals surface area contributed by atoms with Crippen molar-refractivity contribution in [2.24, 2.45) is 5.73 Å². The van der Waals surface area contributed by atoms with Crippen LogP contribution in [-0.4, -0.2) is 20.6 Å². The molecule has 0 amide bonds. The molecule has 56 valence electrons. The number of nitrogens with two attached hydrogens (primary N) is 1. The third kappa shape index (κ3) is 169. The Hall–Kier alpha value is -0.0800. The first-order valence-electron chi connectivity index (χ1n) is 2.14. The van der Waals surface area contributed by atoms with Crippen LogP contribution >= 0.6 is 0 Å². The van der Waals surface area contributed by atoms with Crippen molar-refractivity contribution in [2.75, 3.05) is 20.6 Å². The van der Waals surface area contributed by atoms with Crippen molar-refractivity contribution < 1.29 is 0 Å². The van der Waals surface area contributed by atoms with Crippen molar-refractivity contribution in [1.29, 1.82) is 0 Å². The molecule has 2 heteroatoms. The first-order chi connectivity index (χ1) is 2.91. The van der Waals surface area contributed by atoms with Crippen LogP contribution in [0.4, 0.5) is 0 Å². The second-order valence-electron chi connectivity index (χ2n) is 0.707. The summed E-state index contributed by atoms with van der Waals surface area (Å²) in [5.41, 5.74) is 4.50. The van der Waals surface area contributed by atoms with Crippen molar-refractivity contribution in [3.8, 4) is 0 Å². The third-order valence-corrected chi connectivity index (χ3v) is 0.354. The van der Waals surface area contributed by atoms with Gasteiger partial charge in [0.1, 0.15) is 0 Å². The maximum absolute atomic E-state index is 4.50. The standard InChI is InChI=1S/C3H9N.CH5N.2CH4/c1-3-4-2;1-2;;/h4H,3H2,1-2H3;2H2,1H3;2*1H4. The Morgan fingerprint density at radius 2 is 1.38 bits per heavy atom. The molecule has 0 saturated carbocycles. The van der Waals surface area contributed by atoms with E-state index in [9.17, 15) is 0 Å². The Kier molecular flexibility index (Phi) is 203. The number of nitrogens with one attached hydrogen (secondary N) is 1. The van der Waals surface area contributed by atoms with Gasteiger partial charge in [0.05, 0.1) is 0 Å². The van der Waals surface area contributed by atoms with Crippen LogP contribution in [0.1, 0.15) is 21.8 Å². The van der Waals surface area contributed by atoms with E-state index in [-0.39, 0.29) is 14.9 Å². The van der Waals surface area contributed by atoms with Crippen LogP contribution in [0.5, 0.6) is 0 Å². The fourth-order valence-corrected chi connectivity index (χ4v) is 0. The fraction of sp³-hybridized carbons (Fsp3) is 1.00. The van der Waals surface area contributed by atoms with Gasteiger partial charge in [-0.1, -0.05) is 21.8 Å². The maximum Gasteiger partial charge on any atom is -0.00804 e. The number of rotatable bonds is 1. The zero-order chi connectivity index (χ0) is 5.41. The second-order valence-corrected chi connectivity index (χ2v) is 0.707. The minimum Gasteiger partial charge on any atom is -0.333 e. The van der Waals surface area contributed by atoms with Gasteiger partial charge in [0, 0.05) is 0 Å². The van der Waals surface area contributed by atoms with Gasteiger partial charge in [-0.3, -0.25) is 0 Å². The average molecular weight is 122 g/mol. The highest BCUT2D eigenvalue weighted by Gasteiger charge is 1.50. The van der Waals surface area contributed by atoms with Crippen LogP contribution in [0.3, 0.4) is 0 Å². The summed E-state index contributed by atoms with van der Waals surface area (Å²) >= 11 is 0. The van der Waals surface area contributed by atoms with Crippen LogP contribution in [0.15, 0.2) is 0 Å². The van der Waals surface area contributed by atoms with Gasteiger partial charge in [0.2, 0.25) is 0 Å². The van der Waals surface area contributed by atoms with Gasteiger partial charge in [0.25, 0.3) is 0 Å². The molecule has 0 radical (unpaired) electrons. The molecule has 0 aliphatic carbocycles. The molecule has 0 atom stereocenters. The molecule has 0 aromatic heterocycles. The first kappa shape index (κ1) is 24.7. The highest BCUT2D eigenvalue weighted by atomic mass is 14.8. The van der Waals surface area contributed by atoms with Crippen molar-refractivity contribution >= 4 is 0 Å². The van der Waals surface area contributed by atoms with Crippen molar-refractivity contribution in [2.45, 2.75) is 21.8 Å². The second kappa shape index (κ2) is 65.8. The quantitative estimate of drug-likeness (QED) is 0.546. The van der Waals surface area contributed by atoms with E-state index in [1.165, 1.54) is 7.05 Å². The lowest BCUT2D eigenvalue weighted by Crippen LogP contribution is -2.01. The van der Waals surface area contributed by atoms with Crippen LogP contribution in [0, 0.1) is 0 Å². The lowest BCUT2D eigenvalue weighted by atomic mass is 10.8. The predicted molar refractivity (Wildman–Crippen MR) is 43.2 cm³/mol. The lowest BCUT2D eigenvalue weighted by molar-refractivity contribution is 0.864. The number of hydrogen-bond acceptors (Lipinski definition) is 2. The molecule has 0 aromatic carbocycles. The fourth-order valence-electron chi connectivity index (χ4n) is 0. The Balaban J connectivity index is -0.0000000183. The topological polar surface area (TPSA) is 38.0 Å². The van der Waals surface area contributed by atoms with Gasteiger partial charge in [-0.2, -0.15) is 0 Å². The van der Waals surface area contributed by atoms with E-state index < -0.39 is 0 Å². The minimum absolute atomic E-state index is 0. The summed E-state index contributed by atoms with van der Waals surface area (Å²) in [5.74, 6) is 0. The van der Waals surface area contributed by atoms with Crippen LogP contribution < -0.4 is 11.1 Å².